The van der Waals surface area contributed by atoms with E-state index in [0.717, 1.165) is 12.8 Å². The van der Waals surface area contributed by atoms with Crippen molar-refractivity contribution in [2.75, 3.05) is 0 Å². The lowest BCUT2D eigenvalue weighted by Gasteiger charge is -2.33. The molecule has 0 fully saturated rings. The molecule has 25 heavy (non-hydrogen) atoms. The van der Waals surface area contributed by atoms with E-state index in [0.29, 0.717) is 0 Å². The first-order chi connectivity index (χ1) is 12.1. The number of aryl methyl sites for hydroxylation is 2. The summed E-state index contributed by atoms with van der Waals surface area (Å²) in [5.41, 5.74) is 8.84. The minimum Gasteiger partial charge on any atom is -0.103 e. The molecular weight excluding hydrogens is 300 g/mol. The van der Waals surface area contributed by atoms with Gasteiger partial charge in [-0.1, -0.05) is 59.7 Å². The van der Waals surface area contributed by atoms with Crippen LogP contribution in [-0.4, -0.2) is 0 Å². The third-order valence-corrected chi connectivity index (χ3v) is 5.70. The molecule has 0 atom stereocenters. The Kier molecular flexibility index (Phi) is 5.27. The summed E-state index contributed by atoms with van der Waals surface area (Å²) in [5, 5.41) is 0. The molecule has 1 aliphatic rings. The first kappa shape index (κ1) is 17.7. The van der Waals surface area contributed by atoms with Gasteiger partial charge in [-0.15, -0.1) is 13.2 Å². The summed E-state index contributed by atoms with van der Waals surface area (Å²) in [5.74, 6) is 0. The second-order valence-electron chi connectivity index (χ2n) is 7.54. The van der Waals surface area contributed by atoms with Gasteiger partial charge in [0.15, 0.2) is 0 Å². The summed E-state index contributed by atoms with van der Waals surface area (Å²) in [4.78, 5) is 0. The van der Waals surface area contributed by atoms with Crippen LogP contribution in [-0.2, 0) is 5.41 Å². The highest BCUT2D eigenvalue weighted by Crippen LogP contribution is 2.54. The molecule has 0 heteroatoms. The quantitative estimate of drug-likeness (QED) is 0.352. The molecule has 2 aromatic carbocycles. The highest BCUT2D eigenvalue weighted by molar-refractivity contribution is 5.81. The van der Waals surface area contributed by atoms with Crippen LogP contribution in [0.4, 0.5) is 0 Å². The van der Waals surface area contributed by atoms with Crippen LogP contribution in [0.5, 0.6) is 0 Å². The fourth-order valence-electron chi connectivity index (χ4n) is 4.48. The van der Waals surface area contributed by atoms with Crippen molar-refractivity contribution >= 4 is 0 Å². The third kappa shape index (κ3) is 3.23. The maximum Gasteiger partial charge on any atom is 0.0215 e. The molecule has 1 aliphatic carbocycles. The van der Waals surface area contributed by atoms with Crippen molar-refractivity contribution in [2.45, 2.75) is 57.8 Å². The number of hydrogen-bond acceptors (Lipinski definition) is 0. The Morgan fingerprint density at radius 1 is 0.760 bits per heavy atom. The number of benzene rings is 2. The SMILES string of the molecule is C=CCCCC1(CCCC=C)c2cc(C)ccc2-c2ccc(C)cc21. The van der Waals surface area contributed by atoms with E-state index < -0.39 is 0 Å². The van der Waals surface area contributed by atoms with Gasteiger partial charge in [-0.3, -0.25) is 0 Å². The number of allylic oxidation sites excluding steroid dienone is 2. The van der Waals surface area contributed by atoms with Gasteiger partial charge in [0.25, 0.3) is 0 Å². The minimum atomic E-state index is 0.148. The molecule has 0 aromatic heterocycles. The highest BCUT2D eigenvalue weighted by Gasteiger charge is 2.42. The van der Waals surface area contributed by atoms with Gasteiger partial charge in [0.05, 0.1) is 0 Å². The Hall–Kier alpha value is -2.08. The predicted molar refractivity (Wildman–Crippen MR) is 110 cm³/mol. The normalized spacial score (nSPS) is 14.0. The molecule has 0 nitrogen and oxygen atoms in total. The molecule has 0 aliphatic heterocycles. The van der Waals surface area contributed by atoms with Gasteiger partial charge in [0.1, 0.15) is 0 Å². The van der Waals surface area contributed by atoms with Crippen LogP contribution in [0, 0.1) is 13.8 Å². The molecular formula is C25H30. The van der Waals surface area contributed by atoms with E-state index in [9.17, 15) is 0 Å². The zero-order chi connectivity index (χ0) is 17.9. The van der Waals surface area contributed by atoms with Gasteiger partial charge in [0.2, 0.25) is 0 Å². The molecule has 0 unspecified atom stereocenters. The zero-order valence-corrected chi connectivity index (χ0v) is 15.8. The average molecular weight is 331 g/mol. The Morgan fingerprint density at radius 3 is 1.60 bits per heavy atom. The smallest absolute Gasteiger partial charge is 0.0215 e. The Labute approximate surface area is 153 Å². The minimum absolute atomic E-state index is 0.148. The summed E-state index contributed by atoms with van der Waals surface area (Å²) in [6, 6.07) is 14.1. The van der Waals surface area contributed by atoms with Gasteiger partial charge in [-0.2, -0.15) is 0 Å². The van der Waals surface area contributed by atoms with Crippen LogP contribution < -0.4 is 0 Å². The molecule has 0 amide bonds. The number of hydrogen-bond donors (Lipinski definition) is 0. The summed E-state index contributed by atoms with van der Waals surface area (Å²) < 4.78 is 0. The van der Waals surface area contributed by atoms with Gasteiger partial charge in [-0.05, 0) is 74.6 Å². The number of unbranched alkanes of at least 4 members (excludes halogenated alkanes) is 2. The first-order valence-electron chi connectivity index (χ1n) is 9.57. The van der Waals surface area contributed by atoms with Crippen molar-refractivity contribution in [3.8, 4) is 11.1 Å². The van der Waals surface area contributed by atoms with Crippen molar-refractivity contribution in [2.24, 2.45) is 0 Å². The van der Waals surface area contributed by atoms with E-state index in [1.165, 1.54) is 47.9 Å². The lowest BCUT2D eigenvalue weighted by Crippen LogP contribution is -2.25. The van der Waals surface area contributed by atoms with Crippen LogP contribution in [0.1, 0.15) is 60.8 Å². The van der Waals surface area contributed by atoms with Crippen molar-refractivity contribution in [3.63, 3.8) is 0 Å². The van der Waals surface area contributed by atoms with Crippen molar-refractivity contribution in [1.82, 2.24) is 0 Å². The van der Waals surface area contributed by atoms with Gasteiger partial charge < -0.3 is 0 Å². The maximum atomic E-state index is 3.93. The maximum absolute atomic E-state index is 3.93. The number of rotatable bonds is 8. The first-order valence-corrected chi connectivity index (χ1v) is 9.57. The Morgan fingerprint density at radius 2 is 1.20 bits per heavy atom. The summed E-state index contributed by atoms with van der Waals surface area (Å²) in [6.07, 6.45) is 11.1. The lowest BCUT2D eigenvalue weighted by molar-refractivity contribution is 0.422. The molecule has 0 heterocycles. The van der Waals surface area contributed by atoms with Gasteiger partial charge in [-0.25, -0.2) is 0 Å². The second-order valence-corrected chi connectivity index (χ2v) is 7.54. The fourth-order valence-corrected chi connectivity index (χ4v) is 4.48. The molecule has 130 valence electrons. The average Bonchev–Trinajstić information content (AvgIpc) is 2.85. The number of fused-ring (bicyclic) bond motifs is 3. The Balaban J connectivity index is 2.16. The van der Waals surface area contributed by atoms with E-state index >= 15 is 0 Å². The monoisotopic (exact) mass is 330 g/mol. The van der Waals surface area contributed by atoms with E-state index in [1.54, 1.807) is 11.1 Å². The predicted octanol–water partition coefficient (Wildman–Crippen LogP) is 7.28. The second kappa shape index (κ2) is 7.44. The van der Waals surface area contributed by atoms with Crippen molar-refractivity contribution in [1.29, 1.82) is 0 Å². The molecule has 0 bridgehead atoms. The van der Waals surface area contributed by atoms with Crippen molar-refractivity contribution < 1.29 is 0 Å². The molecule has 3 rings (SSSR count). The van der Waals surface area contributed by atoms with E-state index in [4.69, 9.17) is 0 Å². The van der Waals surface area contributed by atoms with Crippen LogP contribution in [0.2, 0.25) is 0 Å². The van der Waals surface area contributed by atoms with Crippen LogP contribution in [0.15, 0.2) is 61.7 Å². The Bertz CT molecular complexity index is 711. The third-order valence-electron chi connectivity index (χ3n) is 5.70. The largest absolute Gasteiger partial charge is 0.103 e. The molecule has 0 saturated heterocycles. The summed E-state index contributed by atoms with van der Waals surface area (Å²) in [7, 11) is 0. The van der Waals surface area contributed by atoms with Crippen LogP contribution in [0.3, 0.4) is 0 Å². The topological polar surface area (TPSA) is 0 Å². The van der Waals surface area contributed by atoms with E-state index in [2.05, 4.69) is 75.6 Å². The van der Waals surface area contributed by atoms with Crippen LogP contribution >= 0.6 is 0 Å². The lowest BCUT2D eigenvalue weighted by atomic mass is 9.70. The molecule has 0 N–H and O–H groups in total. The van der Waals surface area contributed by atoms with Crippen molar-refractivity contribution in [3.05, 3.63) is 84.0 Å². The van der Waals surface area contributed by atoms with Gasteiger partial charge >= 0.3 is 0 Å². The highest BCUT2D eigenvalue weighted by atomic mass is 14.4. The molecule has 0 radical (unpaired) electrons. The fraction of sp³-hybridized carbons (Fsp3) is 0.360. The van der Waals surface area contributed by atoms with E-state index in [-0.39, 0.29) is 5.41 Å². The molecule has 0 saturated carbocycles. The summed E-state index contributed by atoms with van der Waals surface area (Å²) in [6.45, 7) is 12.3. The molecule has 2 aromatic rings. The van der Waals surface area contributed by atoms with Gasteiger partial charge in [0, 0.05) is 5.41 Å². The van der Waals surface area contributed by atoms with E-state index in [1.807, 2.05) is 0 Å². The van der Waals surface area contributed by atoms with Crippen LogP contribution in [0.25, 0.3) is 11.1 Å². The standard InChI is InChI=1S/C25H30/c1-5-7-9-15-25(16-10-8-6-2)23-17-19(3)11-13-21(23)22-14-12-20(4)18-24(22)25/h5-6,11-14,17-18H,1-2,7-10,15-16H2,3-4H3. The molecule has 0 spiro atoms. The summed E-state index contributed by atoms with van der Waals surface area (Å²) >= 11 is 0. The zero-order valence-electron chi connectivity index (χ0n) is 15.8.